The van der Waals surface area contributed by atoms with Gasteiger partial charge in [-0.2, -0.15) is 0 Å². The maximum absolute atomic E-state index is 12.2. The Hall–Kier alpha value is -2.02. The van der Waals surface area contributed by atoms with Crippen LogP contribution in [0.3, 0.4) is 0 Å². The summed E-state index contributed by atoms with van der Waals surface area (Å²) in [4.78, 5) is 36.9. The fourth-order valence-corrected chi connectivity index (χ4v) is 3.29. The Bertz CT molecular complexity index is 616. The molecule has 0 radical (unpaired) electrons. The highest BCUT2D eigenvalue weighted by molar-refractivity contribution is 8.14. The van der Waals surface area contributed by atoms with Gasteiger partial charge in [0.15, 0.2) is 5.12 Å². The predicted molar refractivity (Wildman–Crippen MR) is 83.4 cm³/mol. The number of amides is 1. The number of benzene rings is 1. The van der Waals surface area contributed by atoms with Gasteiger partial charge in [0.1, 0.15) is 5.75 Å². The van der Waals surface area contributed by atoms with Crippen LogP contribution in [0.1, 0.15) is 23.7 Å². The molecule has 1 aliphatic heterocycles. The minimum absolute atomic E-state index is 0.0254. The largest absolute Gasteiger partial charge is 0.497 e. The van der Waals surface area contributed by atoms with Gasteiger partial charge in [-0.1, -0.05) is 11.8 Å². The van der Waals surface area contributed by atoms with Crippen LogP contribution in [0.4, 0.5) is 5.69 Å². The minimum atomic E-state index is -0.538. The van der Waals surface area contributed by atoms with Crippen LogP contribution in [0.2, 0.25) is 0 Å². The Morgan fingerprint density at radius 2 is 2.05 bits per heavy atom. The van der Waals surface area contributed by atoms with Gasteiger partial charge in [0.05, 0.1) is 25.5 Å². The second kappa shape index (κ2) is 6.83. The summed E-state index contributed by atoms with van der Waals surface area (Å²) in [6, 6.07) is 4.88. The fraction of sp³-hybridized carbons (Fsp3) is 0.400. The van der Waals surface area contributed by atoms with E-state index in [9.17, 15) is 14.4 Å². The van der Waals surface area contributed by atoms with E-state index in [-0.39, 0.29) is 28.3 Å². The third kappa shape index (κ3) is 3.41. The number of thioether (sulfide) groups is 1. The molecule has 1 aliphatic rings. The van der Waals surface area contributed by atoms with Crippen molar-refractivity contribution in [1.29, 1.82) is 0 Å². The molecule has 1 fully saturated rings. The third-order valence-electron chi connectivity index (χ3n) is 3.32. The first kappa shape index (κ1) is 16.4. The number of hydrogen-bond acceptors (Lipinski definition) is 6. The number of nitrogens with zero attached hydrogens (tertiary/aromatic N) is 1. The van der Waals surface area contributed by atoms with E-state index in [1.807, 2.05) is 0 Å². The monoisotopic (exact) mass is 323 g/mol. The van der Waals surface area contributed by atoms with Gasteiger partial charge < -0.3 is 14.4 Å². The standard InChI is InChI=1S/C15H17NO5S/c1-9(17)22-11-7-14(18)16(8-11)13-5-4-10(20-2)6-12(13)15(19)21-3/h4-6,11H,7-8H2,1-3H3. The summed E-state index contributed by atoms with van der Waals surface area (Å²) in [5.41, 5.74) is 0.743. The molecule has 0 bridgehead atoms. The van der Waals surface area contributed by atoms with Gasteiger partial charge in [-0.3, -0.25) is 9.59 Å². The highest BCUT2D eigenvalue weighted by atomic mass is 32.2. The van der Waals surface area contributed by atoms with E-state index in [0.29, 0.717) is 18.0 Å². The Morgan fingerprint density at radius 3 is 2.64 bits per heavy atom. The first-order valence-corrected chi connectivity index (χ1v) is 7.58. The van der Waals surface area contributed by atoms with Gasteiger partial charge in [-0.15, -0.1) is 0 Å². The van der Waals surface area contributed by atoms with E-state index in [0.717, 1.165) is 11.8 Å². The lowest BCUT2D eigenvalue weighted by Crippen LogP contribution is -2.27. The number of ether oxygens (including phenoxy) is 2. The highest BCUT2D eigenvalue weighted by Gasteiger charge is 2.34. The topological polar surface area (TPSA) is 72.9 Å². The summed E-state index contributed by atoms with van der Waals surface area (Å²) in [5, 5.41) is -0.125. The first-order valence-electron chi connectivity index (χ1n) is 6.70. The molecule has 0 N–H and O–H groups in total. The average Bonchev–Trinajstić information content (AvgIpc) is 2.85. The molecule has 0 saturated carbocycles. The molecule has 0 aromatic heterocycles. The van der Waals surface area contributed by atoms with Crippen molar-refractivity contribution < 1.29 is 23.9 Å². The van der Waals surface area contributed by atoms with E-state index in [2.05, 4.69) is 0 Å². The van der Waals surface area contributed by atoms with E-state index < -0.39 is 5.97 Å². The van der Waals surface area contributed by atoms with Crippen molar-refractivity contribution in [2.24, 2.45) is 0 Å². The second-order valence-electron chi connectivity index (χ2n) is 4.81. The van der Waals surface area contributed by atoms with Crippen LogP contribution in [0.15, 0.2) is 18.2 Å². The Balaban J connectivity index is 2.33. The molecule has 0 aliphatic carbocycles. The zero-order valence-corrected chi connectivity index (χ0v) is 13.4. The SMILES string of the molecule is COC(=O)c1cc(OC)ccc1N1CC(SC(C)=O)CC1=O. The molecule has 22 heavy (non-hydrogen) atoms. The van der Waals surface area contributed by atoms with Crippen LogP contribution >= 0.6 is 11.8 Å². The van der Waals surface area contributed by atoms with Crippen molar-refractivity contribution in [3.05, 3.63) is 23.8 Å². The number of hydrogen-bond donors (Lipinski definition) is 0. The minimum Gasteiger partial charge on any atom is -0.497 e. The van der Waals surface area contributed by atoms with E-state index in [1.165, 1.54) is 26.0 Å². The van der Waals surface area contributed by atoms with Gasteiger partial charge in [0.25, 0.3) is 0 Å². The zero-order chi connectivity index (χ0) is 16.3. The highest BCUT2D eigenvalue weighted by Crippen LogP contribution is 2.32. The molecule has 1 atom stereocenters. The van der Waals surface area contributed by atoms with Crippen molar-refractivity contribution in [3.63, 3.8) is 0 Å². The summed E-state index contributed by atoms with van der Waals surface area (Å²) < 4.78 is 9.88. The van der Waals surface area contributed by atoms with Gasteiger partial charge in [0.2, 0.25) is 5.91 Å². The molecule has 0 spiro atoms. The molecule has 6 nitrogen and oxygen atoms in total. The Labute approximate surface area is 132 Å². The predicted octanol–water partition coefficient (Wildman–Crippen LogP) is 1.87. The first-order chi connectivity index (χ1) is 10.5. The van der Waals surface area contributed by atoms with E-state index in [1.54, 1.807) is 18.2 Å². The van der Waals surface area contributed by atoms with Crippen molar-refractivity contribution in [2.75, 3.05) is 25.7 Å². The molecule has 1 unspecified atom stereocenters. The molecular weight excluding hydrogens is 306 g/mol. The van der Waals surface area contributed by atoms with Crippen LogP contribution in [0, 0.1) is 0 Å². The maximum Gasteiger partial charge on any atom is 0.340 e. The van der Waals surface area contributed by atoms with Crippen molar-refractivity contribution in [3.8, 4) is 5.75 Å². The normalized spacial score (nSPS) is 17.5. The van der Waals surface area contributed by atoms with Gasteiger partial charge in [-0.05, 0) is 18.2 Å². The lowest BCUT2D eigenvalue weighted by atomic mass is 10.1. The lowest BCUT2D eigenvalue weighted by Gasteiger charge is -2.20. The number of rotatable bonds is 4. The summed E-state index contributed by atoms with van der Waals surface area (Å²) in [6.45, 7) is 1.87. The average molecular weight is 323 g/mol. The quantitative estimate of drug-likeness (QED) is 0.788. The van der Waals surface area contributed by atoms with Crippen LogP contribution in [0.5, 0.6) is 5.75 Å². The van der Waals surface area contributed by atoms with Crippen molar-refractivity contribution >= 4 is 34.4 Å². The molecule has 1 saturated heterocycles. The molecule has 1 aromatic rings. The third-order valence-corrected chi connectivity index (χ3v) is 4.30. The van der Waals surface area contributed by atoms with E-state index >= 15 is 0 Å². The van der Waals surface area contributed by atoms with Crippen LogP contribution in [0.25, 0.3) is 0 Å². The molecule has 1 heterocycles. The number of carbonyl (C=O) groups is 3. The van der Waals surface area contributed by atoms with Gasteiger partial charge in [-0.25, -0.2) is 4.79 Å². The van der Waals surface area contributed by atoms with Crippen molar-refractivity contribution in [1.82, 2.24) is 0 Å². The van der Waals surface area contributed by atoms with Crippen LogP contribution < -0.4 is 9.64 Å². The number of carbonyl (C=O) groups excluding carboxylic acids is 3. The summed E-state index contributed by atoms with van der Waals surface area (Å²) >= 11 is 1.15. The Morgan fingerprint density at radius 1 is 1.32 bits per heavy atom. The van der Waals surface area contributed by atoms with Gasteiger partial charge >= 0.3 is 5.97 Å². The lowest BCUT2D eigenvalue weighted by molar-refractivity contribution is -0.117. The number of anilines is 1. The molecule has 118 valence electrons. The van der Waals surface area contributed by atoms with Crippen molar-refractivity contribution in [2.45, 2.75) is 18.6 Å². The summed E-state index contributed by atoms with van der Waals surface area (Å²) in [6.07, 6.45) is 0.275. The fourth-order valence-electron chi connectivity index (χ4n) is 2.37. The maximum atomic E-state index is 12.2. The number of methoxy groups -OCH3 is 2. The molecule has 1 aromatic carbocycles. The Kier molecular flexibility index (Phi) is 5.07. The second-order valence-corrected chi connectivity index (χ2v) is 6.29. The summed E-state index contributed by atoms with van der Waals surface area (Å²) in [7, 11) is 2.78. The molecule has 1 amide bonds. The summed E-state index contributed by atoms with van der Waals surface area (Å²) in [5.74, 6) is -0.149. The van der Waals surface area contributed by atoms with Crippen LogP contribution in [-0.4, -0.2) is 43.0 Å². The molecule has 2 rings (SSSR count). The smallest absolute Gasteiger partial charge is 0.340 e. The molecular formula is C15H17NO5S. The van der Waals surface area contributed by atoms with Gasteiger partial charge in [0, 0.05) is 25.1 Å². The van der Waals surface area contributed by atoms with E-state index in [4.69, 9.17) is 9.47 Å². The molecule has 7 heteroatoms. The zero-order valence-electron chi connectivity index (χ0n) is 12.6. The van der Waals surface area contributed by atoms with Crippen LogP contribution in [-0.2, 0) is 14.3 Å². The number of esters is 1.